The number of likely N-dealkylation sites (tertiary alicyclic amines) is 1. The molecule has 22 heavy (non-hydrogen) atoms. The summed E-state index contributed by atoms with van der Waals surface area (Å²) in [5.74, 6) is 0. The highest BCUT2D eigenvalue weighted by Crippen LogP contribution is 2.16. The Kier molecular flexibility index (Phi) is 5.98. The highest BCUT2D eigenvalue weighted by Gasteiger charge is 2.31. The molecule has 0 aromatic heterocycles. The number of benzene rings is 1. The van der Waals surface area contributed by atoms with E-state index in [4.69, 9.17) is 9.84 Å². The minimum Gasteiger partial charge on any atom is -0.465 e. The van der Waals surface area contributed by atoms with Crippen LogP contribution in [0.1, 0.15) is 18.9 Å². The second-order valence-electron chi connectivity index (χ2n) is 5.80. The molecule has 1 amide bonds. The Labute approximate surface area is 131 Å². The molecule has 120 valence electrons. The first kappa shape index (κ1) is 16.5. The first-order valence-corrected chi connectivity index (χ1v) is 7.57. The number of rotatable bonds is 6. The molecular weight excluding hydrogens is 280 g/mol. The van der Waals surface area contributed by atoms with E-state index >= 15 is 0 Å². The van der Waals surface area contributed by atoms with Gasteiger partial charge in [-0.25, -0.2) is 4.79 Å². The third-order valence-corrected chi connectivity index (χ3v) is 3.78. The number of hydrogen-bond donors (Lipinski definition) is 2. The number of piperidine rings is 1. The number of carboxylic acid groups (broad SMARTS) is 1. The second kappa shape index (κ2) is 7.96. The van der Waals surface area contributed by atoms with Crippen LogP contribution in [0.15, 0.2) is 42.5 Å². The van der Waals surface area contributed by atoms with Gasteiger partial charge in [-0.2, -0.15) is 0 Å². The molecule has 1 heterocycles. The van der Waals surface area contributed by atoms with E-state index in [0.29, 0.717) is 19.7 Å². The molecule has 2 rings (SSSR count). The van der Waals surface area contributed by atoms with Gasteiger partial charge in [0.15, 0.2) is 0 Å². The van der Waals surface area contributed by atoms with Crippen molar-refractivity contribution in [3.05, 3.63) is 48.0 Å². The molecule has 0 spiro atoms. The quantitative estimate of drug-likeness (QED) is 0.793. The zero-order chi connectivity index (χ0) is 15.9. The van der Waals surface area contributed by atoms with Crippen molar-refractivity contribution in [1.82, 2.24) is 10.2 Å². The zero-order valence-corrected chi connectivity index (χ0v) is 13.0. The van der Waals surface area contributed by atoms with Gasteiger partial charge in [0, 0.05) is 19.1 Å². The lowest BCUT2D eigenvalue weighted by atomic mass is 10.0. The van der Waals surface area contributed by atoms with Gasteiger partial charge < -0.3 is 20.1 Å². The summed E-state index contributed by atoms with van der Waals surface area (Å²) in [5, 5.41) is 12.7. The van der Waals surface area contributed by atoms with Crippen molar-refractivity contribution in [1.29, 1.82) is 0 Å². The second-order valence-corrected chi connectivity index (χ2v) is 5.80. The Balaban J connectivity index is 1.94. The lowest BCUT2D eigenvalue weighted by molar-refractivity contribution is -0.00867. The van der Waals surface area contributed by atoms with Gasteiger partial charge in [0.25, 0.3) is 0 Å². The summed E-state index contributed by atoms with van der Waals surface area (Å²) >= 11 is 0. The molecule has 0 unspecified atom stereocenters. The molecule has 0 bridgehead atoms. The van der Waals surface area contributed by atoms with Crippen LogP contribution in [0.25, 0.3) is 0 Å². The molecule has 0 radical (unpaired) electrons. The molecule has 1 aromatic carbocycles. The predicted molar refractivity (Wildman–Crippen MR) is 85.8 cm³/mol. The Morgan fingerprint density at radius 1 is 1.45 bits per heavy atom. The van der Waals surface area contributed by atoms with Crippen molar-refractivity contribution >= 4 is 6.09 Å². The Morgan fingerprint density at radius 3 is 2.82 bits per heavy atom. The van der Waals surface area contributed by atoms with Crippen molar-refractivity contribution in [3.63, 3.8) is 0 Å². The van der Waals surface area contributed by atoms with Gasteiger partial charge in [0.1, 0.15) is 0 Å². The third-order valence-electron chi connectivity index (χ3n) is 3.78. The van der Waals surface area contributed by atoms with Gasteiger partial charge in [-0.3, -0.25) is 0 Å². The van der Waals surface area contributed by atoms with Gasteiger partial charge in [-0.15, -0.1) is 0 Å². The fraction of sp³-hybridized carbons (Fsp3) is 0.471. The first-order valence-electron chi connectivity index (χ1n) is 7.57. The van der Waals surface area contributed by atoms with Crippen LogP contribution in [0, 0.1) is 0 Å². The molecule has 1 saturated heterocycles. The molecule has 5 nitrogen and oxygen atoms in total. The van der Waals surface area contributed by atoms with Crippen LogP contribution in [-0.4, -0.2) is 47.9 Å². The van der Waals surface area contributed by atoms with Crippen molar-refractivity contribution in [2.24, 2.45) is 0 Å². The number of ether oxygens (including phenoxy) is 1. The summed E-state index contributed by atoms with van der Waals surface area (Å²) in [6.07, 6.45) is -0.282. The molecule has 1 aliphatic rings. The van der Waals surface area contributed by atoms with Crippen molar-refractivity contribution in [2.45, 2.75) is 32.0 Å². The number of carbonyl (C=O) groups is 1. The normalized spacial score (nSPS) is 21.6. The van der Waals surface area contributed by atoms with E-state index < -0.39 is 6.09 Å². The highest BCUT2D eigenvalue weighted by atomic mass is 16.5. The molecule has 2 N–H and O–H groups in total. The fourth-order valence-corrected chi connectivity index (χ4v) is 2.59. The van der Waals surface area contributed by atoms with Crippen molar-refractivity contribution in [3.8, 4) is 0 Å². The van der Waals surface area contributed by atoms with E-state index in [9.17, 15) is 4.79 Å². The summed E-state index contributed by atoms with van der Waals surface area (Å²) in [4.78, 5) is 12.6. The molecule has 5 heteroatoms. The van der Waals surface area contributed by atoms with E-state index in [2.05, 4.69) is 24.0 Å². The molecule has 1 fully saturated rings. The molecule has 0 aliphatic carbocycles. The fourth-order valence-electron chi connectivity index (χ4n) is 2.59. The average molecular weight is 304 g/mol. The largest absolute Gasteiger partial charge is 0.465 e. The molecule has 2 atom stereocenters. The number of nitrogens with one attached hydrogen (secondary N) is 1. The maximum absolute atomic E-state index is 11.2. The van der Waals surface area contributed by atoms with Crippen LogP contribution >= 0.6 is 0 Å². The summed E-state index contributed by atoms with van der Waals surface area (Å²) in [7, 11) is 0. The highest BCUT2D eigenvalue weighted by molar-refractivity contribution is 5.65. The average Bonchev–Trinajstić information content (AvgIpc) is 2.52. The lowest BCUT2D eigenvalue weighted by Crippen LogP contribution is -2.54. The minimum atomic E-state index is -0.884. The van der Waals surface area contributed by atoms with E-state index in [1.165, 1.54) is 10.5 Å². The SMILES string of the molecule is C=C(C)CO[C@@H]1CN(C(=O)O)CC[C@@H]1NCc1ccccc1. The Hall–Kier alpha value is -1.85. The molecular formula is C17H24N2O3. The maximum Gasteiger partial charge on any atom is 0.407 e. The molecule has 1 aromatic rings. The predicted octanol–water partition coefficient (Wildman–Crippen LogP) is 2.49. The topological polar surface area (TPSA) is 61.8 Å². The minimum absolute atomic E-state index is 0.148. The summed E-state index contributed by atoms with van der Waals surface area (Å²) < 4.78 is 5.86. The van der Waals surface area contributed by atoms with Gasteiger partial charge >= 0.3 is 6.09 Å². The van der Waals surface area contributed by atoms with Gasteiger partial charge in [0.05, 0.1) is 19.3 Å². The third kappa shape index (κ3) is 4.86. The molecule has 0 saturated carbocycles. The zero-order valence-electron chi connectivity index (χ0n) is 13.0. The van der Waals surface area contributed by atoms with Crippen LogP contribution in [0.2, 0.25) is 0 Å². The monoisotopic (exact) mass is 304 g/mol. The first-order chi connectivity index (χ1) is 10.6. The Morgan fingerprint density at radius 2 is 2.18 bits per heavy atom. The van der Waals surface area contributed by atoms with Gasteiger partial charge in [0.2, 0.25) is 0 Å². The van der Waals surface area contributed by atoms with E-state index in [1.807, 2.05) is 25.1 Å². The van der Waals surface area contributed by atoms with Crippen molar-refractivity contribution < 1.29 is 14.6 Å². The van der Waals surface area contributed by atoms with Crippen LogP contribution < -0.4 is 5.32 Å². The van der Waals surface area contributed by atoms with Crippen LogP contribution in [0.3, 0.4) is 0 Å². The van der Waals surface area contributed by atoms with E-state index in [-0.39, 0.29) is 12.1 Å². The van der Waals surface area contributed by atoms with Crippen LogP contribution in [0.5, 0.6) is 0 Å². The lowest BCUT2D eigenvalue weighted by Gasteiger charge is -2.37. The van der Waals surface area contributed by atoms with Crippen LogP contribution in [0.4, 0.5) is 4.79 Å². The molecule has 1 aliphatic heterocycles. The summed E-state index contributed by atoms with van der Waals surface area (Å²) in [5.41, 5.74) is 2.15. The van der Waals surface area contributed by atoms with E-state index in [0.717, 1.165) is 18.5 Å². The Bertz CT molecular complexity index is 504. The maximum atomic E-state index is 11.2. The number of hydrogen-bond acceptors (Lipinski definition) is 3. The number of nitrogens with zero attached hydrogens (tertiary/aromatic N) is 1. The number of amides is 1. The summed E-state index contributed by atoms with van der Waals surface area (Å²) in [6, 6.07) is 10.3. The standard InChI is InChI=1S/C17H24N2O3/c1-13(2)12-22-16-11-19(17(20)21)9-8-15(16)18-10-14-6-4-3-5-7-14/h3-7,15-16,18H,1,8-12H2,2H3,(H,20,21)/t15-,16+/m0/s1. The van der Waals surface area contributed by atoms with E-state index in [1.54, 1.807) is 0 Å². The van der Waals surface area contributed by atoms with Crippen LogP contribution in [-0.2, 0) is 11.3 Å². The van der Waals surface area contributed by atoms with Gasteiger partial charge in [-0.1, -0.05) is 42.5 Å². The van der Waals surface area contributed by atoms with Gasteiger partial charge in [-0.05, 0) is 18.9 Å². The summed E-state index contributed by atoms with van der Waals surface area (Å²) in [6.45, 7) is 7.89. The smallest absolute Gasteiger partial charge is 0.407 e. The van der Waals surface area contributed by atoms with Crippen molar-refractivity contribution in [2.75, 3.05) is 19.7 Å².